The van der Waals surface area contributed by atoms with Crippen LogP contribution in [0.3, 0.4) is 0 Å². The lowest BCUT2D eigenvalue weighted by Crippen LogP contribution is -2.27. The number of carbonyl (C=O) groups is 1. The summed E-state index contributed by atoms with van der Waals surface area (Å²) in [6.07, 6.45) is 0.997. The van der Waals surface area contributed by atoms with Gasteiger partial charge in [0, 0.05) is 18.2 Å². The number of amides is 1. The van der Waals surface area contributed by atoms with E-state index >= 15 is 0 Å². The van der Waals surface area contributed by atoms with Crippen molar-refractivity contribution in [2.45, 2.75) is 19.8 Å². The fourth-order valence-corrected chi connectivity index (χ4v) is 2.73. The van der Waals surface area contributed by atoms with Crippen molar-refractivity contribution >= 4 is 5.91 Å². The minimum atomic E-state index is -0.000530. The summed E-state index contributed by atoms with van der Waals surface area (Å²) in [5.74, 6) is 1.97. The van der Waals surface area contributed by atoms with Crippen LogP contribution in [0.25, 0.3) is 0 Å². The van der Waals surface area contributed by atoms with E-state index in [1.807, 2.05) is 37.3 Å². The van der Waals surface area contributed by atoms with Gasteiger partial charge in [-0.3, -0.25) is 4.79 Å². The van der Waals surface area contributed by atoms with Gasteiger partial charge in [-0.2, -0.15) is 0 Å². The summed E-state index contributed by atoms with van der Waals surface area (Å²) in [5, 5.41) is 2.95. The third-order valence-corrected chi connectivity index (χ3v) is 3.93. The second kappa shape index (κ2) is 8.97. The van der Waals surface area contributed by atoms with Gasteiger partial charge >= 0.3 is 0 Å². The average molecular weight is 343 g/mol. The Morgan fingerprint density at radius 3 is 2.48 bits per heavy atom. The fourth-order valence-electron chi connectivity index (χ4n) is 2.73. The Morgan fingerprint density at radius 1 is 1.04 bits per heavy atom. The van der Waals surface area contributed by atoms with Crippen LogP contribution in [0, 0.1) is 6.92 Å². The maximum absolute atomic E-state index is 12.1. The monoisotopic (exact) mass is 343 g/mol. The van der Waals surface area contributed by atoms with Gasteiger partial charge in [-0.15, -0.1) is 0 Å². The van der Waals surface area contributed by atoms with Gasteiger partial charge in [0.15, 0.2) is 11.5 Å². The van der Waals surface area contributed by atoms with Crippen LogP contribution in [-0.4, -0.2) is 33.8 Å². The number of aryl methyl sites for hydroxylation is 1. The molecule has 25 heavy (non-hydrogen) atoms. The summed E-state index contributed by atoms with van der Waals surface area (Å²) >= 11 is 0. The Morgan fingerprint density at radius 2 is 1.84 bits per heavy atom. The predicted octanol–water partition coefficient (Wildman–Crippen LogP) is 2.92. The molecule has 0 aliphatic heterocycles. The summed E-state index contributed by atoms with van der Waals surface area (Å²) < 4.78 is 16.1. The Balaban J connectivity index is 1.97. The molecule has 5 nitrogen and oxygen atoms in total. The molecule has 5 heteroatoms. The van der Waals surface area contributed by atoms with E-state index in [9.17, 15) is 4.79 Å². The van der Waals surface area contributed by atoms with Crippen molar-refractivity contribution < 1.29 is 19.0 Å². The zero-order valence-corrected chi connectivity index (χ0v) is 15.2. The Hall–Kier alpha value is -2.69. The van der Waals surface area contributed by atoms with Crippen molar-refractivity contribution in [3.8, 4) is 17.2 Å². The molecule has 2 aromatic carbocycles. The molecular formula is C20H25NO4. The molecule has 0 saturated heterocycles. The number of rotatable bonds is 8. The first kappa shape index (κ1) is 18.6. The molecule has 0 heterocycles. The van der Waals surface area contributed by atoms with Crippen LogP contribution in [0.1, 0.15) is 16.7 Å². The molecule has 0 atom stereocenters. The molecule has 0 aromatic heterocycles. The highest BCUT2D eigenvalue weighted by Gasteiger charge is 2.13. The number of benzene rings is 2. The van der Waals surface area contributed by atoms with Crippen molar-refractivity contribution in [2.24, 2.45) is 0 Å². The van der Waals surface area contributed by atoms with Crippen LogP contribution in [0.4, 0.5) is 0 Å². The van der Waals surface area contributed by atoms with Crippen LogP contribution in [0.5, 0.6) is 17.2 Å². The van der Waals surface area contributed by atoms with Gasteiger partial charge in [0.1, 0.15) is 5.75 Å². The summed E-state index contributed by atoms with van der Waals surface area (Å²) in [4.78, 5) is 12.1. The van der Waals surface area contributed by atoms with Crippen molar-refractivity contribution in [3.63, 3.8) is 0 Å². The van der Waals surface area contributed by atoms with Crippen molar-refractivity contribution in [3.05, 3.63) is 53.1 Å². The molecule has 0 unspecified atom stereocenters. The third kappa shape index (κ3) is 5.14. The Kier molecular flexibility index (Phi) is 6.69. The first-order valence-electron chi connectivity index (χ1n) is 8.18. The van der Waals surface area contributed by atoms with E-state index in [0.29, 0.717) is 36.6 Å². The van der Waals surface area contributed by atoms with Gasteiger partial charge < -0.3 is 19.5 Å². The summed E-state index contributed by atoms with van der Waals surface area (Å²) in [6, 6.07) is 11.6. The van der Waals surface area contributed by atoms with Crippen molar-refractivity contribution in [2.75, 3.05) is 27.9 Å². The van der Waals surface area contributed by atoms with Crippen molar-refractivity contribution in [1.82, 2.24) is 5.32 Å². The highest BCUT2D eigenvalue weighted by molar-refractivity contribution is 5.78. The average Bonchev–Trinajstić information content (AvgIpc) is 2.60. The van der Waals surface area contributed by atoms with E-state index in [0.717, 1.165) is 16.7 Å². The van der Waals surface area contributed by atoms with Gasteiger partial charge in [0.25, 0.3) is 0 Å². The van der Waals surface area contributed by atoms with Crippen LogP contribution in [0.15, 0.2) is 36.4 Å². The van der Waals surface area contributed by atoms with Crippen LogP contribution in [-0.2, 0) is 17.6 Å². The van der Waals surface area contributed by atoms with Gasteiger partial charge in [-0.25, -0.2) is 0 Å². The molecule has 1 N–H and O–H groups in total. The summed E-state index contributed by atoms with van der Waals surface area (Å²) in [5.41, 5.74) is 3.09. The van der Waals surface area contributed by atoms with Crippen LogP contribution < -0.4 is 19.5 Å². The maximum Gasteiger partial charge on any atom is 0.224 e. The molecule has 0 aliphatic carbocycles. The molecule has 0 bridgehead atoms. The van der Waals surface area contributed by atoms with Crippen LogP contribution in [0.2, 0.25) is 0 Å². The molecular weight excluding hydrogens is 318 g/mol. The fraction of sp³-hybridized carbons (Fsp3) is 0.350. The molecule has 0 saturated carbocycles. The maximum atomic E-state index is 12.1. The Labute approximate surface area is 148 Å². The molecule has 2 aromatic rings. The van der Waals surface area contributed by atoms with E-state index in [1.54, 1.807) is 27.4 Å². The molecule has 1 amide bonds. The molecule has 0 spiro atoms. The van der Waals surface area contributed by atoms with E-state index in [4.69, 9.17) is 14.2 Å². The lowest BCUT2D eigenvalue weighted by atomic mass is 10.1. The highest BCUT2D eigenvalue weighted by atomic mass is 16.5. The third-order valence-electron chi connectivity index (χ3n) is 3.93. The van der Waals surface area contributed by atoms with E-state index in [2.05, 4.69) is 5.32 Å². The molecule has 0 aliphatic rings. The topological polar surface area (TPSA) is 56.8 Å². The number of nitrogens with one attached hydrogen (secondary N) is 1. The highest BCUT2D eigenvalue weighted by Crippen LogP contribution is 2.35. The zero-order chi connectivity index (χ0) is 18.2. The summed E-state index contributed by atoms with van der Waals surface area (Å²) in [6.45, 7) is 2.53. The molecule has 0 radical (unpaired) electrons. The van der Waals surface area contributed by atoms with Crippen LogP contribution >= 0.6 is 0 Å². The number of hydrogen-bond acceptors (Lipinski definition) is 4. The normalized spacial score (nSPS) is 10.2. The molecule has 2 rings (SSSR count). The van der Waals surface area contributed by atoms with Gasteiger partial charge in [-0.1, -0.05) is 29.8 Å². The number of methoxy groups -OCH3 is 3. The van der Waals surface area contributed by atoms with E-state index < -0.39 is 0 Å². The largest absolute Gasteiger partial charge is 0.497 e. The van der Waals surface area contributed by atoms with Gasteiger partial charge in [0.05, 0.1) is 27.8 Å². The van der Waals surface area contributed by atoms with E-state index in [1.165, 1.54) is 0 Å². The second-order valence-electron chi connectivity index (χ2n) is 5.79. The van der Waals surface area contributed by atoms with Gasteiger partial charge in [-0.05, 0) is 25.0 Å². The number of hydrogen-bond donors (Lipinski definition) is 1. The van der Waals surface area contributed by atoms with E-state index in [-0.39, 0.29) is 5.91 Å². The lowest BCUT2D eigenvalue weighted by Gasteiger charge is -2.15. The predicted molar refractivity (Wildman–Crippen MR) is 97.7 cm³/mol. The minimum absolute atomic E-state index is 0.000530. The zero-order valence-electron chi connectivity index (χ0n) is 15.2. The SMILES string of the molecule is COc1cc(CCNC(=O)Cc2cccc(C)c2)c(OC)c(OC)c1. The number of carbonyl (C=O) groups excluding carboxylic acids is 1. The smallest absolute Gasteiger partial charge is 0.224 e. The first-order chi connectivity index (χ1) is 12.1. The van der Waals surface area contributed by atoms with Gasteiger partial charge in [0.2, 0.25) is 5.91 Å². The number of ether oxygens (including phenoxy) is 3. The second-order valence-corrected chi connectivity index (χ2v) is 5.79. The Bertz CT molecular complexity index is 728. The van der Waals surface area contributed by atoms with Crippen molar-refractivity contribution in [1.29, 1.82) is 0 Å². The molecule has 0 fully saturated rings. The minimum Gasteiger partial charge on any atom is -0.497 e. The lowest BCUT2D eigenvalue weighted by molar-refractivity contribution is -0.120. The first-order valence-corrected chi connectivity index (χ1v) is 8.18. The summed E-state index contributed by atoms with van der Waals surface area (Å²) in [7, 11) is 4.80. The quantitative estimate of drug-likeness (QED) is 0.801. The standard InChI is InChI=1S/C20H25NO4/c1-14-6-5-7-15(10-14)11-19(22)21-9-8-16-12-17(23-2)13-18(24-3)20(16)25-4/h5-7,10,12-13H,8-9,11H2,1-4H3,(H,21,22). The molecule has 134 valence electrons.